The van der Waals surface area contributed by atoms with Crippen molar-refractivity contribution >= 4 is 22.9 Å². The molecule has 2 heterocycles. The predicted octanol–water partition coefficient (Wildman–Crippen LogP) is 2.63. The van der Waals surface area contributed by atoms with Gasteiger partial charge in [0.05, 0.1) is 4.34 Å². The second kappa shape index (κ2) is 6.60. The summed E-state index contributed by atoms with van der Waals surface area (Å²) in [5.41, 5.74) is 0. The SMILES string of the molecule is Clc1ccc(CCCN2CCCNCC2)s1. The van der Waals surface area contributed by atoms with Gasteiger partial charge in [-0.15, -0.1) is 11.3 Å². The van der Waals surface area contributed by atoms with Crippen LogP contribution in [0.1, 0.15) is 17.7 Å². The first-order chi connectivity index (χ1) is 7.84. The molecule has 0 atom stereocenters. The van der Waals surface area contributed by atoms with Gasteiger partial charge in [-0.05, 0) is 51.0 Å². The standard InChI is InChI=1S/C12H19ClN2S/c13-12-5-4-11(16-12)3-1-8-15-9-2-6-14-7-10-15/h4-5,14H,1-3,6-10H2. The third-order valence-corrected chi connectivity index (χ3v) is 4.25. The minimum Gasteiger partial charge on any atom is -0.315 e. The molecule has 0 bridgehead atoms. The van der Waals surface area contributed by atoms with Crippen LogP contribution in [0, 0.1) is 0 Å². The zero-order chi connectivity index (χ0) is 11.2. The number of nitrogens with one attached hydrogen (secondary N) is 1. The van der Waals surface area contributed by atoms with Crippen LogP contribution in [0.25, 0.3) is 0 Å². The van der Waals surface area contributed by atoms with Gasteiger partial charge in [-0.3, -0.25) is 0 Å². The van der Waals surface area contributed by atoms with Gasteiger partial charge in [0.25, 0.3) is 0 Å². The Balaban J connectivity index is 1.67. The average Bonchev–Trinajstić information content (AvgIpc) is 2.54. The highest BCUT2D eigenvalue weighted by Crippen LogP contribution is 2.22. The fraction of sp³-hybridized carbons (Fsp3) is 0.667. The lowest BCUT2D eigenvalue weighted by Gasteiger charge is -2.18. The molecule has 2 nitrogen and oxygen atoms in total. The molecule has 1 aromatic heterocycles. The molecule has 0 aliphatic carbocycles. The lowest BCUT2D eigenvalue weighted by Crippen LogP contribution is -2.29. The van der Waals surface area contributed by atoms with E-state index in [2.05, 4.69) is 16.3 Å². The summed E-state index contributed by atoms with van der Waals surface area (Å²) in [6.45, 7) is 5.99. The van der Waals surface area contributed by atoms with E-state index in [0.29, 0.717) is 0 Å². The van der Waals surface area contributed by atoms with Gasteiger partial charge in [-0.25, -0.2) is 0 Å². The maximum absolute atomic E-state index is 5.91. The van der Waals surface area contributed by atoms with Gasteiger partial charge in [0.1, 0.15) is 0 Å². The number of hydrogen-bond acceptors (Lipinski definition) is 3. The van der Waals surface area contributed by atoms with Crippen molar-refractivity contribution in [2.75, 3.05) is 32.7 Å². The molecule has 90 valence electrons. The Bertz CT molecular complexity index is 306. The molecule has 0 amide bonds. The summed E-state index contributed by atoms with van der Waals surface area (Å²) in [5.74, 6) is 0. The van der Waals surface area contributed by atoms with Crippen molar-refractivity contribution in [2.45, 2.75) is 19.3 Å². The number of rotatable bonds is 4. The topological polar surface area (TPSA) is 15.3 Å². The first-order valence-corrected chi connectivity index (χ1v) is 7.21. The fourth-order valence-electron chi connectivity index (χ4n) is 2.09. The summed E-state index contributed by atoms with van der Waals surface area (Å²) in [5, 5.41) is 3.43. The molecular formula is C12H19ClN2S. The summed E-state index contributed by atoms with van der Waals surface area (Å²) in [4.78, 5) is 3.98. The molecule has 1 saturated heterocycles. The number of hydrogen-bond donors (Lipinski definition) is 1. The van der Waals surface area contributed by atoms with E-state index in [1.54, 1.807) is 11.3 Å². The number of nitrogens with zero attached hydrogens (tertiary/aromatic N) is 1. The van der Waals surface area contributed by atoms with E-state index in [-0.39, 0.29) is 0 Å². The maximum Gasteiger partial charge on any atom is 0.0931 e. The van der Waals surface area contributed by atoms with E-state index in [9.17, 15) is 0 Å². The van der Waals surface area contributed by atoms with Crippen LogP contribution in [0.2, 0.25) is 4.34 Å². The lowest BCUT2D eigenvalue weighted by atomic mass is 10.2. The van der Waals surface area contributed by atoms with Gasteiger partial charge >= 0.3 is 0 Å². The van der Waals surface area contributed by atoms with Crippen molar-refractivity contribution in [3.63, 3.8) is 0 Å². The van der Waals surface area contributed by atoms with Gasteiger partial charge in [-0.1, -0.05) is 11.6 Å². The first kappa shape index (κ1) is 12.4. The molecule has 0 radical (unpaired) electrons. The van der Waals surface area contributed by atoms with Crippen molar-refractivity contribution in [2.24, 2.45) is 0 Å². The molecule has 1 fully saturated rings. The summed E-state index contributed by atoms with van der Waals surface area (Å²) in [6.07, 6.45) is 3.70. The monoisotopic (exact) mass is 258 g/mol. The Morgan fingerprint density at radius 3 is 3.06 bits per heavy atom. The largest absolute Gasteiger partial charge is 0.315 e. The van der Waals surface area contributed by atoms with E-state index in [1.165, 1.54) is 50.3 Å². The molecule has 1 aliphatic heterocycles. The van der Waals surface area contributed by atoms with Gasteiger partial charge in [-0.2, -0.15) is 0 Å². The van der Waals surface area contributed by atoms with Gasteiger partial charge in [0, 0.05) is 18.0 Å². The van der Waals surface area contributed by atoms with E-state index >= 15 is 0 Å². The van der Waals surface area contributed by atoms with Gasteiger partial charge in [0.15, 0.2) is 0 Å². The molecule has 4 heteroatoms. The second-order valence-electron chi connectivity index (χ2n) is 4.25. The molecule has 0 spiro atoms. The molecule has 0 aromatic carbocycles. The van der Waals surface area contributed by atoms with E-state index < -0.39 is 0 Å². The number of thiophene rings is 1. The Morgan fingerprint density at radius 2 is 2.25 bits per heavy atom. The summed E-state index contributed by atoms with van der Waals surface area (Å²) >= 11 is 7.62. The number of aryl methyl sites for hydroxylation is 1. The van der Waals surface area contributed by atoms with Crippen molar-refractivity contribution in [1.29, 1.82) is 0 Å². The zero-order valence-electron chi connectivity index (χ0n) is 9.54. The quantitative estimate of drug-likeness (QED) is 0.893. The number of halogens is 1. The molecule has 1 aliphatic rings. The molecule has 0 saturated carbocycles. The van der Waals surface area contributed by atoms with Crippen LogP contribution in [0.3, 0.4) is 0 Å². The van der Waals surface area contributed by atoms with Crippen molar-refractivity contribution in [1.82, 2.24) is 10.2 Å². The molecular weight excluding hydrogens is 240 g/mol. The average molecular weight is 259 g/mol. The minimum absolute atomic E-state index is 0.911. The highest BCUT2D eigenvalue weighted by atomic mass is 35.5. The van der Waals surface area contributed by atoms with Crippen LogP contribution in [0.15, 0.2) is 12.1 Å². The van der Waals surface area contributed by atoms with Crippen molar-refractivity contribution in [3.05, 3.63) is 21.3 Å². The third kappa shape index (κ3) is 4.06. The Hall–Kier alpha value is -0.0900. The first-order valence-electron chi connectivity index (χ1n) is 6.02. The summed E-state index contributed by atoms with van der Waals surface area (Å²) in [6, 6.07) is 4.15. The van der Waals surface area contributed by atoms with Gasteiger partial charge < -0.3 is 10.2 Å². The third-order valence-electron chi connectivity index (χ3n) is 2.96. The van der Waals surface area contributed by atoms with Crippen molar-refractivity contribution in [3.8, 4) is 0 Å². The van der Waals surface area contributed by atoms with E-state index in [1.807, 2.05) is 6.07 Å². The highest BCUT2D eigenvalue weighted by molar-refractivity contribution is 7.16. The van der Waals surface area contributed by atoms with E-state index in [0.717, 1.165) is 10.9 Å². The normalized spacial score (nSPS) is 18.6. The Labute approximate surface area is 107 Å². The minimum atomic E-state index is 0.911. The summed E-state index contributed by atoms with van der Waals surface area (Å²) in [7, 11) is 0. The van der Waals surface area contributed by atoms with Gasteiger partial charge in [0.2, 0.25) is 0 Å². The van der Waals surface area contributed by atoms with Crippen LogP contribution >= 0.6 is 22.9 Å². The maximum atomic E-state index is 5.91. The lowest BCUT2D eigenvalue weighted by molar-refractivity contribution is 0.289. The molecule has 2 rings (SSSR count). The van der Waals surface area contributed by atoms with Crippen molar-refractivity contribution < 1.29 is 0 Å². The smallest absolute Gasteiger partial charge is 0.0931 e. The Morgan fingerprint density at radius 1 is 1.31 bits per heavy atom. The van der Waals surface area contributed by atoms with Crippen LogP contribution in [0.5, 0.6) is 0 Å². The molecule has 1 aromatic rings. The Kier molecular flexibility index (Phi) is 5.10. The summed E-state index contributed by atoms with van der Waals surface area (Å²) < 4.78 is 0.911. The molecule has 0 unspecified atom stereocenters. The second-order valence-corrected chi connectivity index (χ2v) is 6.05. The van der Waals surface area contributed by atoms with Crippen LogP contribution in [-0.2, 0) is 6.42 Å². The molecule has 16 heavy (non-hydrogen) atoms. The molecule has 1 N–H and O–H groups in total. The predicted molar refractivity (Wildman–Crippen MR) is 71.6 cm³/mol. The fourth-order valence-corrected chi connectivity index (χ4v) is 3.22. The van der Waals surface area contributed by atoms with Crippen LogP contribution in [-0.4, -0.2) is 37.6 Å². The van der Waals surface area contributed by atoms with Crippen LogP contribution in [0.4, 0.5) is 0 Å². The zero-order valence-corrected chi connectivity index (χ0v) is 11.1. The highest BCUT2D eigenvalue weighted by Gasteiger charge is 2.07. The van der Waals surface area contributed by atoms with E-state index in [4.69, 9.17) is 11.6 Å². The van der Waals surface area contributed by atoms with Crippen LogP contribution < -0.4 is 5.32 Å².